The molecule has 0 N–H and O–H groups in total. The molecule has 0 atom stereocenters. The SMILES string of the molecule is CCn1cc(Cl)c(/C=N/n2c(C)nnc2SCn2nc(C)c([N+](=O)[O-])c2C)n1. The molecule has 0 radical (unpaired) electrons. The zero-order valence-corrected chi connectivity index (χ0v) is 17.3. The Kier molecular flexibility index (Phi) is 5.79. The van der Waals surface area contributed by atoms with Gasteiger partial charge in [0.2, 0.25) is 5.16 Å². The smallest absolute Gasteiger partial charge is 0.271 e. The van der Waals surface area contributed by atoms with Gasteiger partial charge in [0.15, 0.2) is 5.82 Å². The number of thioether (sulfide) groups is 1. The van der Waals surface area contributed by atoms with Crippen LogP contribution < -0.4 is 0 Å². The van der Waals surface area contributed by atoms with E-state index in [-0.39, 0.29) is 5.69 Å². The fraction of sp³-hybridized carbons (Fsp3) is 0.400. The molecular weight excluding hydrogens is 406 g/mol. The number of hydrogen-bond acceptors (Lipinski definition) is 8. The lowest BCUT2D eigenvalue weighted by molar-refractivity contribution is -0.386. The number of rotatable bonds is 7. The van der Waals surface area contributed by atoms with E-state index in [1.807, 2.05) is 6.92 Å². The summed E-state index contributed by atoms with van der Waals surface area (Å²) in [4.78, 5) is 10.7. The van der Waals surface area contributed by atoms with Gasteiger partial charge in [-0.3, -0.25) is 19.5 Å². The number of nitro groups is 1. The molecule has 3 rings (SSSR count). The number of nitrogens with zero attached hydrogens (tertiary/aromatic N) is 9. The monoisotopic (exact) mass is 423 g/mol. The van der Waals surface area contributed by atoms with Gasteiger partial charge in [0.25, 0.3) is 0 Å². The Morgan fingerprint density at radius 3 is 2.68 bits per heavy atom. The lowest BCUT2D eigenvalue weighted by atomic mass is 10.3. The minimum absolute atomic E-state index is 0.0254. The molecule has 0 unspecified atom stereocenters. The van der Waals surface area contributed by atoms with Crippen LogP contribution in [0, 0.1) is 30.9 Å². The minimum atomic E-state index is -0.422. The van der Waals surface area contributed by atoms with Crippen molar-refractivity contribution in [1.29, 1.82) is 0 Å². The molecule has 0 bridgehead atoms. The predicted octanol–water partition coefficient (Wildman–Crippen LogP) is 2.81. The summed E-state index contributed by atoms with van der Waals surface area (Å²) >= 11 is 7.47. The molecule has 28 heavy (non-hydrogen) atoms. The molecule has 0 aliphatic rings. The van der Waals surface area contributed by atoms with Crippen molar-refractivity contribution in [2.75, 3.05) is 0 Å². The second-order valence-corrected chi connectivity index (χ2v) is 7.17. The summed E-state index contributed by atoms with van der Waals surface area (Å²) in [6.07, 6.45) is 3.27. The Balaban J connectivity index is 1.80. The largest absolute Gasteiger partial charge is 0.312 e. The standard InChI is InChI=1S/C15H18ClN9O2S/c1-5-22-7-12(16)13(21-22)6-17-24-11(4)18-19-15(24)28-8-23-10(3)14(25(26)27)9(2)20-23/h6-7H,5,8H2,1-4H3/b17-6+. The number of aryl methyl sites for hydroxylation is 3. The lowest BCUT2D eigenvalue weighted by Gasteiger charge is -2.03. The molecule has 3 aromatic heterocycles. The van der Waals surface area contributed by atoms with E-state index >= 15 is 0 Å². The van der Waals surface area contributed by atoms with Gasteiger partial charge in [0.1, 0.15) is 17.1 Å². The second-order valence-electron chi connectivity index (χ2n) is 5.85. The van der Waals surface area contributed by atoms with Crippen LogP contribution in [0.4, 0.5) is 5.69 Å². The highest BCUT2D eigenvalue weighted by Gasteiger charge is 2.22. The molecule has 13 heteroatoms. The molecule has 3 aromatic rings. The van der Waals surface area contributed by atoms with E-state index < -0.39 is 4.92 Å². The highest BCUT2D eigenvalue weighted by Crippen LogP contribution is 2.25. The van der Waals surface area contributed by atoms with Crippen molar-refractivity contribution in [3.05, 3.63) is 44.2 Å². The van der Waals surface area contributed by atoms with E-state index in [0.29, 0.717) is 45.5 Å². The summed E-state index contributed by atoms with van der Waals surface area (Å²) in [5.74, 6) is 0.920. The summed E-state index contributed by atoms with van der Waals surface area (Å²) in [5.41, 5.74) is 1.43. The summed E-state index contributed by atoms with van der Waals surface area (Å²) in [6.45, 7) is 7.72. The van der Waals surface area contributed by atoms with Crippen molar-refractivity contribution in [2.45, 2.75) is 45.3 Å². The first-order chi connectivity index (χ1) is 13.3. The van der Waals surface area contributed by atoms with Crippen molar-refractivity contribution >= 4 is 35.3 Å². The van der Waals surface area contributed by atoms with Gasteiger partial charge in [-0.25, -0.2) is 0 Å². The maximum atomic E-state index is 11.1. The zero-order chi connectivity index (χ0) is 20.4. The average Bonchev–Trinajstić information content (AvgIpc) is 3.27. The van der Waals surface area contributed by atoms with E-state index in [1.165, 1.54) is 11.8 Å². The molecule has 0 saturated carbocycles. The van der Waals surface area contributed by atoms with Crippen LogP contribution in [-0.4, -0.2) is 45.6 Å². The summed E-state index contributed by atoms with van der Waals surface area (Å²) in [5, 5.41) is 33.2. The fourth-order valence-electron chi connectivity index (χ4n) is 2.53. The molecule has 0 aromatic carbocycles. The van der Waals surface area contributed by atoms with Gasteiger partial charge in [0, 0.05) is 12.7 Å². The first kappa shape index (κ1) is 20.0. The van der Waals surface area contributed by atoms with E-state index in [0.717, 1.165) is 0 Å². The molecule has 11 nitrogen and oxygen atoms in total. The van der Waals surface area contributed by atoms with Gasteiger partial charge in [0.05, 0.1) is 22.0 Å². The van der Waals surface area contributed by atoms with Crippen LogP contribution in [0.2, 0.25) is 5.02 Å². The van der Waals surface area contributed by atoms with Crippen molar-refractivity contribution in [3.63, 3.8) is 0 Å². The molecule has 0 spiro atoms. The Morgan fingerprint density at radius 2 is 2.07 bits per heavy atom. The van der Waals surface area contributed by atoms with Crippen LogP contribution in [0.3, 0.4) is 0 Å². The van der Waals surface area contributed by atoms with Crippen LogP contribution in [0.15, 0.2) is 16.5 Å². The zero-order valence-electron chi connectivity index (χ0n) is 15.7. The first-order valence-electron chi connectivity index (χ1n) is 8.32. The van der Waals surface area contributed by atoms with E-state index in [1.54, 1.807) is 47.2 Å². The van der Waals surface area contributed by atoms with Crippen LogP contribution in [0.5, 0.6) is 0 Å². The highest BCUT2D eigenvalue weighted by molar-refractivity contribution is 7.98. The number of aromatic nitrogens is 7. The highest BCUT2D eigenvalue weighted by atomic mass is 35.5. The van der Waals surface area contributed by atoms with E-state index in [4.69, 9.17) is 11.6 Å². The van der Waals surface area contributed by atoms with Gasteiger partial charge in [-0.05, 0) is 27.7 Å². The Hall–Kier alpha value is -2.73. The van der Waals surface area contributed by atoms with E-state index in [2.05, 4.69) is 25.5 Å². The van der Waals surface area contributed by atoms with Crippen molar-refractivity contribution < 1.29 is 4.92 Å². The average molecular weight is 424 g/mol. The molecule has 0 saturated heterocycles. The van der Waals surface area contributed by atoms with Crippen LogP contribution in [0.25, 0.3) is 0 Å². The molecular formula is C15H18ClN9O2S. The predicted molar refractivity (Wildman–Crippen MR) is 105 cm³/mol. The fourth-order valence-corrected chi connectivity index (χ4v) is 3.62. The lowest BCUT2D eigenvalue weighted by Crippen LogP contribution is -2.03. The molecule has 0 aliphatic carbocycles. The van der Waals surface area contributed by atoms with Crippen molar-refractivity contribution in [3.8, 4) is 0 Å². The van der Waals surface area contributed by atoms with Gasteiger partial charge in [-0.15, -0.1) is 10.2 Å². The summed E-state index contributed by atoms with van der Waals surface area (Å²) < 4.78 is 4.84. The molecule has 0 aliphatic heterocycles. The summed E-state index contributed by atoms with van der Waals surface area (Å²) in [6, 6.07) is 0. The van der Waals surface area contributed by atoms with Gasteiger partial charge in [-0.1, -0.05) is 23.4 Å². The van der Waals surface area contributed by atoms with Gasteiger partial charge >= 0.3 is 5.69 Å². The van der Waals surface area contributed by atoms with Gasteiger partial charge in [-0.2, -0.15) is 20.0 Å². The normalized spacial score (nSPS) is 11.6. The Labute approximate surface area is 169 Å². The van der Waals surface area contributed by atoms with Gasteiger partial charge < -0.3 is 0 Å². The third kappa shape index (κ3) is 3.92. The van der Waals surface area contributed by atoms with Crippen LogP contribution in [0.1, 0.15) is 29.8 Å². The molecule has 0 fully saturated rings. The quantitative estimate of drug-likeness (QED) is 0.248. The van der Waals surface area contributed by atoms with E-state index in [9.17, 15) is 10.1 Å². The third-order valence-electron chi connectivity index (χ3n) is 3.97. The third-order valence-corrected chi connectivity index (χ3v) is 5.15. The minimum Gasteiger partial charge on any atom is -0.271 e. The van der Waals surface area contributed by atoms with Crippen molar-refractivity contribution in [2.24, 2.45) is 5.10 Å². The maximum absolute atomic E-state index is 11.1. The molecule has 148 valence electrons. The maximum Gasteiger partial charge on any atom is 0.312 e. The number of halogens is 1. The Bertz CT molecular complexity index is 1050. The first-order valence-corrected chi connectivity index (χ1v) is 9.68. The number of hydrogen-bond donors (Lipinski definition) is 0. The molecule has 3 heterocycles. The molecule has 0 amide bonds. The second kappa shape index (κ2) is 8.10. The van der Waals surface area contributed by atoms with Crippen LogP contribution in [-0.2, 0) is 12.4 Å². The van der Waals surface area contributed by atoms with Crippen molar-refractivity contribution in [1.82, 2.24) is 34.4 Å². The van der Waals surface area contributed by atoms with Crippen LogP contribution >= 0.6 is 23.4 Å². The Morgan fingerprint density at radius 1 is 1.32 bits per heavy atom. The summed E-state index contributed by atoms with van der Waals surface area (Å²) in [7, 11) is 0. The topological polar surface area (TPSA) is 122 Å².